The molecule has 3 amide bonds. The van der Waals surface area contributed by atoms with E-state index < -0.39 is 11.4 Å². The van der Waals surface area contributed by atoms with Crippen molar-refractivity contribution in [1.82, 2.24) is 15.1 Å². The van der Waals surface area contributed by atoms with Gasteiger partial charge in [0.25, 0.3) is 0 Å². The molecular weight excluding hydrogens is 621 g/mol. The van der Waals surface area contributed by atoms with Crippen LogP contribution in [0.2, 0.25) is 5.02 Å². The summed E-state index contributed by atoms with van der Waals surface area (Å²) < 4.78 is 26.3. The average molecular weight is 672 g/mol. The number of amides is 3. The minimum absolute atomic E-state index is 0.0267. The Balaban J connectivity index is 1.29. The Labute approximate surface area is 283 Å². The number of carbonyl (C=O) groups excluding carboxylic acids is 2. The van der Waals surface area contributed by atoms with Crippen LogP contribution in [0.4, 0.5) is 14.0 Å². The second-order valence-corrected chi connectivity index (χ2v) is 14.1. The molecule has 2 aromatic carbocycles. The van der Waals surface area contributed by atoms with E-state index in [-0.39, 0.29) is 47.2 Å². The number of unbranched alkanes of at least 4 members (excludes halogenated alkanes) is 1. The summed E-state index contributed by atoms with van der Waals surface area (Å²) in [6, 6.07) is 14.0. The predicted octanol–water partition coefficient (Wildman–Crippen LogP) is 7.51. The Morgan fingerprint density at radius 3 is 2.51 bits per heavy atom. The second kappa shape index (κ2) is 17.0. The van der Waals surface area contributed by atoms with Crippen molar-refractivity contribution >= 4 is 23.7 Å². The number of nitrogens with one attached hydrogen (secondary N) is 1. The predicted molar refractivity (Wildman–Crippen MR) is 181 cm³/mol. The maximum atomic E-state index is 15.4. The number of rotatable bonds is 11. The number of urea groups is 1. The molecule has 1 saturated carbocycles. The van der Waals surface area contributed by atoms with Gasteiger partial charge < -0.3 is 29.7 Å². The molecule has 2 aromatic rings. The topological polar surface area (TPSA) is 91.3 Å². The number of nitrogens with zero attached hydrogens (tertiary/aromatic N) is 2. The molecular formula is C37H51ClFN3O5. The molecule has 2 aliphatic heterocycles. The molecule has 2 N–H and O–H groups in total. The minimum atomic E-state index is -1.49. The molecule has 8 nitrogen and oxygen atoms in total. The third-order valence-electron chi connectivity index (χ3n) is 10.7. The van der Waals surface area contributed by atoms with Gasteiger partial charge in [0.1, 0.15) is 12.4 Å². The number of hydrogen-bond acceptors (Lipinski definition) is 5. The summed E-state index contributed by atoms with van der Waals surface area (Å²) >= 11 is 6.18. The molecule has 1 aliphatic carbocycles. The van der Waals surface area contributed by atoms with Gasteiger partial charge in [-0.2, -0.15) is 0 Å². The summed E-state index contributed by atoms with van der Waals surface area (Å²) in [6.45, 7) is 2.60. The van der Waals surface area contributed by atoms with Gasteiger partial charge in [-0.15, -0.1) is 0 Å². The van der Waals surface area contributed by atoms with Crippen LogP contribution < -0.4 is 5.32 Å². The zero-order valence-corrected chi connectivity index (χ0v) is 28.4. The molecule has 2 saturated heterocycles. The van der Waals surface area contributed by atoms with Gasteiger partial charge in [-0.3, -0.25) is 0 Å². The van der Waals surface area contributed by atoms with Gasteiger partial charge in [-0.1, -0.05) is 86.2 Å². The summed E-state index contributed by atoms with van der Waals surface area (Å²) in [4.78, 5) is 30.7. The largest absolute Gasteiger partial charge is 0.445 e. The van der Waals surface area contributed by atoms with Gasteiger partial charge in [0.05, 0.1) is 16.7 Å². The average Bonchev–Trinajstić information content (AvgIpc) is 3.11. The lowest BCUT2D eigenvalue weighted by molar-refractivity contribution is -0.0590. The lowest BCUT2D eigenvalue weighted by atomic mass is 9.73. The zero-order valence-electron chi connectivity index (χ0n) is 27.7. The maximum absolute atomic E-state index is 15.4. The third kappa shape index (κ3) is 8.98. The van der Waals surface area contributed by atoms with Crippen LogP contribution in [0.1, 0.15) is 81.8 Å². The number of piperidine rings is 2. The van der Waals surface area contributed by atoms with Crippen molar-refractivity contribution in [3.8, 4) is 0 Å². The molecule has 3 aliphatic rings. The number of aliphatic hydroxyl groups is 1. The number of halogens is 2. The zero-order chi connectivity index (χ0) is 33.2. The third-order valence-corrected chi connectivity index (χ3v) is 10.9. The molecule has 0 bridgehead atoms. The highest BCUT2D eigenvalue weighted by Crippen LogP contribution is 2.42. The van der Waals surface area contributed by atoms with Crippen LogP contribution in [0.15, 0.2) is 48.5 Å². The fourth-order valence-corrected chi connectivity index (χ4v) is 8.24. The summed E-state index contributed by atoms with van der Waals surface area (Å²) in [5.74, 6) is -0.200. The first-order valence-electron chi connectivity index (χ1n) is 17.5. The summed E-state index contributed by atoms with van der Waals surface area (Å²) in [5.41, 5.74) is -0.376. The number of ether oxygens (including phenoxy) is 2. The van der Waals surface area contributed by atoms with Crippen molar-refractivity contribution in [2.24, 2.45) is 17.8 Å². The molecule has 0 aromatic heterocycles. The van der Waals surface area contributed by atoms with Gasteiger partial charge in [-0.05, 0) is 62.0 Å². The Morgan fingerprint density at radius 2 is 1.74 bits per heavy atom. The monoisotopic (exact) mass is 671 g/mol. The first-order chi connectivity index (χ1) is 22.8. The van der Waals surface area contributed by atoms with Gasteiger partial charge in [0, 0.05) is 51.4 Å². The lowest BCUT2D eigenvalue weighted by Gasteiger charge is -2.45. The molecule has 3 fully saturated rings. The normalized spacial score (nSPS) is 23.6. The van der Waals surface area contributed by atoms with Crippen LogP contribution in [0.5, 0.6) is 0 Å². The van der Waals surface area contributed by atoms with E-state index in [1.54, 1.807) is 29.0 Å². The quantitative estimate of drug-likeness (QED) is 0.241. The summed E-state index contributed by atoms with van der Waals surface area (Å²) in [5, 5.41) is 15.5. The molecule has 2 unspecified atom stereocenters. The minimum Gasteiger partial charge on any atom is -0.445 e. The second-order valence-electron chi connectivity index (χ2n) is 13.7. The molecule has 2 heterocycles. The van der Waals surface area contributed by atoms with Crippen LogP contribution >= 0.6 is 11.6 Å². The Hall–Kier alpha value is -2.88. The number of carbonyl (C=O) groups is 2. The Bertz CT molecular complexity index is 1310. The fraction of sp³-hybridized carbons (Fsp3) is 0.622. The maximum Gasteiger partial charge on any atom is 0.410 e. The van der Waals surface area contributed by atoms with Crippen LogP contribution in [-0.4, -0.2) is 73.0 Å². The molecule has 10 heteroatoms. The van der Waals surface area contributed by atoms with E-state index in [1.165, 1.54) is 25.3 Å². The van der Waals surface area contributed by atoms with Gasteiger partial charge in [0.2, 0.25) is 0 Å². The first kappa shape index (κ1) is 35.4. The van der Waals surface area contributed by atoms with Crippen molar-refractivity contribution < 1.29 is 28.6 Å². The summed E-state index contributed by atoms with van der Waals surface area (Å²) in [7, 11) is 1.64. The first-order valence-corrected chi connectivity index (χ1v) is 17.8. The van der Waals surface area contributed by atoms with E-state index in [2.05, 4.69) is 5.32 Å². The molecule has 0 spiro atoms. The van der Waals surface area contributed by atoms with Gasteiger partial charge >= 0.3 is 12.1 Å². The van der Waals surface area contributed by atoms with E-state index in [4.69, 9.17) is 21.1 Å². The van der Waals surface area contributed by atoms with E-state index in [0.717, 1.165) is 31.2 Å². The standard InChI is InChI=1S/C37H51ClFN3O5/c1-46-23-9-8-20-37(45,31-17-10-18-32(38)34(31)39)29-16-11-21-41(24-29)35(43)40-33-25-42(22-19-30(33)28-14-6-3-7-15-28)36(44)47-26-27-12-4-2-5-13-27/h2,4-5,10,12-13,17-18,28-30,33,45H,3,6-9,11,14-16,19-26H2,1H3,(H,40,43)/t29-,30?,33?,37+/m1/s1. The van der Waals surface area contributed by atoms with Gasteiger partial charge in [-0.25, -0.2) is 14.0 Å². The van der Waals surface area contributed by atoms with Crippen LogP contribution in [-0.2, 0) is 21.7 Å². The van der Waals surface area contributed by atoms with Crippen molar-refractivity contribution in [2.45, 2.75) is 88.9 Å². The molecule has 0 radical (unpaired) electrons. The summed E-state index contributed by atoms with van der Waals surface area (Å²) in [6.07, 6.45) is 9.42. The number of methoxy groups -OCH3 is 1. The van der Waals surface area contributed by atoms with Crippen LogP contribution in [0.25, 0.3) is 0 Å². The van der Waals surface area contributed by atoms with Crippen molar-refractivity contribution in [3.05, 3.63) is 70.5 Å². The lowest BCUT2D eigenvalue weighted by Crippen LogP contribution is -2.59. The van der Waals surface area contributed by atoms with Crippen LogP contribution in [0.3, 0.4) is 0 Å². The molecule has 4 atom stereocenters. The highest BCUT2D eigenvalue weighted by Gasteiger charge is 2.44. The smallest absolute Gasteiger partial charge is 0.410 e. The highest BCUT2D eigenvalue weighted by molar-refractivity contribution is 6.30. The Morgan fingerprint density at radius 1 is 0.957 bits per heavy atom. The Kier molecular flexibility index (Phi) is 12.8. The molecule has 47 heavy (non-hydrogen) atoms. The number of benzene rings is 2. The highest BCUT2D eigenvalue weighted by atomic mass is 35.5. The fourth-order valence-electron chi connectivity index (χ4n) is 8.06. The number of hydrogen-bond donors (Lipinski definition) is 2. The van der Waals surface area contributed by atoms with Crippen molar-refractivity contribution in [3.63, 3.8) is 0 Å². The van der Waals surface area contributed by atoms with Gasteiger partial charge in [0.15, 0.2) is 0 Å². The molecule has 5 rings (SSSR count). The van der Waals surface area contributed by atoms with E-state index in [0.29, 0.717) is 64.4 Å². The number of likely N-dealkylation sites (tertiary alicyclic amines) is 2. The van der Waals surface area contributed by atoms with Crippen molar-refractivity contribution in [1.29, 1.82) is 0 Å². The van der Waals surface area contributed by atoms with E-state index in [1.807, 2.05) is 30.3 Å². The van der Waals surface area contributed by atoms with E-state index in [9.17, 15) is 14.7 Å². The molecule has 258 valence electrons. The van der Waals surface area contributed by atoms with Crippen molar-refractivity contribution in [2.75, 3.05) is 39.9 Å². The SMILES string of the molecule is COCCCC[C@@](O)(c1cccc(Cl)c1F)[C@@H]1CCCN(C(=O)NC2CN(C(=O)OCc3ccccc3)CCC2C2CCCCC2)C1. The van der Waals surface area contributed by atoms with E-state index >= 15 is 4.39 Å². The van der Waals surface area contributed by atoms with Crippen LogP contribution in [0, 0.1) is 23.6 Å².